The third kappa shape index (κ3) is 8.61. The topological polar surface area (TPSA) is 40.2 Å². The van der Waals surface area contributed by atoms with Gasteiger partial charge in [-0.3, -0.25) is 0 Å². The molecule has 0 spiro atoms. The molecule has 0 amide bonds. The van der Waals surface area contributed by atoms with Gasteiger partial charge in [-0.05, 0) is 31.9 Å². The molecule has 3 rings (SSSR count). The van der Waals surface area contributed by atoms with Crippen molar-refractivity contribution >= 4 is 30.4 Å². The van der Waals surface area contributed by atoms with Gasteiger partial charge in [0.1, 0.15) is 0 Å². The van der Waals surface area contributed by atoms with E-state index < -0.39 is 8.80 Å². The van der Waals surface area contributed by atoms with Crippen LogP contribution in [0.2, 0.25) is 13.1 Å². The Labute approximate surface area is 206 Å². The van der Waals surface area contributed by atoms with Crippen LogP contribution in [0.25, 0.3) is 32.5 Å². The van der Waals surface area contributed by atoms with Gasteiger partial charge in [0, 0.05) is 20.0 Å². The molecule has 0 atom stereocenters. The van der Waals surface area contributed by atoms with Crippen molar-refractivity contribution in [3.8, 4) is 11.1 Å². The normalized spacial score (nSPS) is 10.5. The first-order valence-electron chi connectivity index (χ1n) is 10.4. The third-order valence-corrected chi connectivity index (χ3v) is 5.97. The minimum absolute atomic E-state index is 0. The Hall–Kier alpha value is -1.32. The number of benzene rings is 2. The number of fused-ring (bicyclic) bond motifs is 1. The molecule has 0 aliphatic carbocycles. The van der Waals surface area contributed by atoms with Crippen molar-refractivity contribution < 1.29 is 21.1 Å². The van der Waals surface area contributed by atoms with Crippen LogP contribution in [0.3, 0.4) is 0 Å². The van der Waals surface area contributed by atoms with E-state index in [0.29, 0.717) is 0 Å². The van der Waals surface area contributed by atoms with E-state index >= 15 is 0 Å². The van der Waals surface area contributed by atoms with Crippen molar-refractivity contribution in [2.45, 2.75) is 46.3 Å². The molecule has 0 aromatic heterocycles. The van der Waals surface area contributed by atoms with Gasteiger partial charge in [0.25, 0.3) is 0 Å². The second-order valence-electron chi connectivity index (χ2n) is 8.79. The summed E-state index contributed by atoms with van der Waals surface area (Å²) >= 11 is 0. The van der Waals surface area contributed by atoms with E-state index in [1.54, 1.807) is 33.4 Å². The molecule has 0 heterocycles. The summed E-state index contributed by atoms with van der Waals surface area (Å²) in [6.45, 7) is 13.7. The van der Waals surface area contributed by atoms with E-state index in [0.717, 1.165) is 0 Å². The molecule has 0 saturated heterocycles. The van der Waals surface area contributed by atoms with E-state index in [9.17, 15) is 0 Å². The van der Waals surface area contributed by atoms with Crippen LogP contribution in [-0.4, -0.2) is 42.5 Å². The quantitative estimate of drug-likeness (QED) is 0.297. The summed E-state index contributed by atoms with van der Waals surface area (Å²) in [6, 6.07) is 17.7. The molecule has 0 unspecified atom stereocenters. The van der Waals surface area contributed by atoms with Crippen molar-refractivity contribution in [1.82, 2.24) is 0 Å². The molecular weight excluding hydrogens is 478 g/mol. The fourth-order valence-corrected chi connectivity index (χ4v) is 5.20. The van der Waals surface area contributed by atoms with Crippen LogP contribution in [0.4, 0.5) is 5.69 Å². The maximum Gasteiger partial charge on any atom is 3.00 e. The van der Waals surface area contributed by atoms with Gasteiger partial charge in [0.15, 0.2) is 0 Å². The second kappa shape index (κ2) is 14.0. The average molecular weight is 518 g/mol. The summed E-state index contributed by atoms with van der Waals surface area (Å²) in [5, 5.41) is 15.1. The monoisotopic (exact) mass is 519 g/mol. The van der Waals surface area contributed by atoms with Crippen LogP contribution in [0.15, 0.2) is 48.5 Å². The molecule has 31 heavy (non-hydrogen) atoms. The van der Waals surface area contributed by atoms with Crippen LogP contribution in [0, 0.1) is 6.92 Å². The molecule has 0 saturated carbocycles. The largest absolute Gasteiger partial charge is 3.00 e. The summed E-state index contributed by atoms with van der Waals surface area (Å²) < 4.78 is 0. The van der Waals surface area contributed by atoms with Crippen molar-refractivity contribution in [2.75, 3.05) is 33.5 Å². The zero-order valence-electron chi connectivity index (χ0n) is 20.9. The predicted octanol–water partition coefficient (Wildman–Crippen LogP) is 6.94. The summed E-state index contributed by atoms with van der Waals surface area (Å²) in [6.07, 6.45) is 0. The number of rotatable bonds is 3. The molecule has 2 radical (unpaired) electrons. The molecule has 0 aliphatic rings. The molecule has 1 N–H and O–H groups in total. The molecule has 3 aromatic rings. The summed E-state index contributed by atoms with van der Waals surface area (Å²) in [5.74, 6) is 0. The second-order valence-corrected chi connectivity index (χ2v) is 11.3. The van der Waals surface area contributed by atoms with E-state index in [1.807, 2.05) is 0 Å². The molecule has 3 nitrogen and oxygen atoms in total. The van der Waals surface area contributed by atoms with E-state index in [1.165, 1.54) is 33.2 Å². The zero-order chi connectivity index (χ0) is 22.9. The summed E-state index contributed by atoms with van der Waals surface area (Å²) in [5.41, 5.74) is 5.36. The van der Waals surface area contributed by atoms with Gasteiger partial charge in [-0.2, -0.15) is 33.4 Å². The Morgan fingerprint density at radius 2 is 1.39 bits per heavy atom. The third-order valence-electron chi connectivity index (χ3n) is 4.33. The number of aryl methyl sites for hydroxylation is 1. The van der Waals surface area contributed by atoms with Crippen LogP contribution < -0.4 is 10.5 Å². The maximum atomic E-state index is 3.73. The van der Waals surface area contributed by atoms with E-state index in [2.05, 4.69) is 105 Å². The Bertz CT molecular complexity index is 894. The summed E-state index contributed by atoms with van der Waals surface area (Å²) in [7, 11) is 6.46. The van der Waals surface area contributed by atoms with Gasteiger partial charge < -0.3 is 16.0 Å². The van der Waals surface area contributed by atoms with Gasteiger partial charge in [-0.15, -0.1) is 28.5 Å². The van der Waals surface area contributed by atoms with Gasteiger partial charge in [0.05, 0.1) is 0 Å². The molecule has 0 fully saturated rings. The summed E-state index contributed by atoms with van der Waals surface area (Å²) in [4.78, 5) is 0. The number of nitrogens with zero attached hydrogens (tertiary/aromatic N) is 2. The van der Waals surface area contributed by atoms with Crippen LogP contribution in [0.1, 0.15) is 26.3 Å². The zero-order valence-corrected chi connectivity index (χ0v) is 23.9. The van der Waals surface area contributed by atoms with Crippen LogP contribution in [-0.2, 0) is 21.1 Å². The van der Waals surface area contributed by atoms with E-state index in [4.69, 9.17) is 0 Å². The smallest absolute Gasteiger partial charge is 0.668 e. The predicted molar refractivity (Wildman–Crippen MR) is 141 cm³/mol. The standard InChI is InChI=1S/C22H27NSi.2C2H6N.Mo/c1-15-14-17-12-13-18(23-22(2,3)4)19(16-10-8-7-9-11-16)20(17)21(15)24(5)6;2*1-3-2;/h7-14,23H,1-6H3;2*1-2H3;/q3*-1;+3. The van der Waals surface area contributed by atoms with Crippen molar-refractivity contribution in [3.63, 3.8) is 0 Å². The first kappa shape index (κ1) is 29.7. The SMILES string of the molecule is C[N-]C.C[N-]C.Cc1[cH-]c2ccc(NC(C)(C)C)c(-c3ccccc3)c2c1[Si](C)C.[Mo+3]. The molecule has 0 bridgehead atoms. The minimum atomic E-state index is -0.541. The molecule has 5 heteroatoms. The Morgan fingerprint density at radius 3 is 1.84 bits per heavy atom. The first-order valence-corrected chi connectivity index (χ1v) is 12.9. The average Bonchev–Trinajstić information content (AvgIpc) is 2.98. The Kier molecular flexibility index (Phi) is 13.4. The fourth-order valence-electron chi connectivity index (χ4n) is 3.57. The Morgan fingerprint density at radius 1 is 0.871 bits per heavy atom. The van der Waals surface area contributed by atoms with E-state index in [-0.39, 0.29) is 26.6 Å². The number of hydrogen-bond donors (Lipinski definition) is 1. The number of hydrogen-bond acceptors (Lipinski definition) is 1. The fraction of sp³-hybridized carbons (Fsp3) is 0.423. The minimum Gasteiger partial charge on any atom is -0.668 e. The molecule has 0 aliphatic heterocycles. The van der Waals surface area contributed by atoms with Gasteiger partial charge in [-0.25, -0.2) is 0 Å². The van der Waals surface area contributed by atoms with Crippen LogP contribution in [0.5, 0.6) is 0 Å². The Balaban J connectivity index is 0.00000116. The number of anilines is 1. The van der Waals surface area contributed by atoms with Crippen molar-refractivity contribution in [2.24, 2.45) is 0 Å². The maximum absolute atomic E-state index is 3.73. The van der Waals surface area contributed by atoms with Crippen molar-refractivity contribution in [1.29, 1.82) is 0 Å². The van der Waals surface area contributed by atoms with Gasteiger partial charge >= 0.3 is 21.1 Å². The molecule has 168 valence electrons. The first-order chi connectivity index (χ1) is 14.1. The molecular formula is C26H39MoN3Si. The van der Waals surface area contributed by atoms with Crippen molar-refractivity contribution in [3.05, 3.63) is 64.7 Å². The van der Waals surface area contributed by atoms with Gasteiger partial charge in [0.2, 0.25) is 0 Å². The van der Waals surface area contributed by atoms with Gasteiger partial charge in [-0.1, -0.05) is 56.4 Å². The number of nitrogens with one attached hydrogen (secondary N) is 1. The molecule has 3 aromatic carbocycles. The van der Waals surface area contributed by atoms with Crippen LogP contribution >= 0.6 is 0 Å².